The molecule has 0 aliphatic heterocycles. The fraction of sp³-hybridized carbons (Fsp3) is 0. The Kier molecular flexibility index (Phi) is 9.36. The van der Waals surface area contributed by atoms with E-state index in [1.54, 1.807) is 0 Å². The Bertz CT molecular complexity index is 1750. The third kappa shape index (κ3) is 5.93. The number of hydrogen-bond donors (Lipinski definition) is 0. The van der Waals surface area contributed by atoms with E-state index < -0.39 is 139 Å². The Morgan fingerprint density at radius 3 is 0.604 bits per heavy atom. The Labute approximate surface area is 252 Å². The van der Waals surface area contributed by atoms with Crippen LogP contribution in [0.1, 0.15) is 31.1 Å². The van der Waals surface area contributed by atoms with Gasteiger partial charge in [-0.15, -0.1) is 0 Å². The highest BCUT2D eigenvalue weighted by atomic mass is 19.2. The minimum atomic E-state index is -2.73. The highest BCUT2D eigenvalue weighted by Crippen LogP contribution is 2.33. The molecule has 0 radical (unpaired) electrons. The van der Waals surface area contributed by atoms with E-state index in [0.717, 1.165) is 0 Å². The van der Waals surface area contributed by atoms with E-state index in [-0.39, 0.29) is 18.2 Å². The maximum atomic E-state index is 14.1. The first-order chi connectivity index (χ1) is 22.3. The molecule has 0 aliphatic rings. The third-order valence-electron chi connectivity index (χ3n) is 5.73. The lowest BCUT2D eigenvalue weighted by atomic mass is 10.1. The van der Waals surface area contributed by atoms with Crippen LogP contribution >= 0.6 is 0 Å². The van der Waals surface area contributed by atoms with Crippen LogP contribution in [0.25, 0.3) is 0 Å². The van der Waals surface area contributed by atoms with Gasteiger partial charge in [0.2, 0.25) is 105 Å². The van der Waals surface area contributed by atoms with Crippen molar-refractivity contribution in [3.63, 3.8) is 0 Å². The second-order valence-corrected chi connectivity index (χ2v) is 8.66. The van der Waals surface area contributed by atoms with Crippen LogP contribution in [-0.4, -0.2) is 17.9 Å². The standard InChI is InChI=1S/C27H3F15O6/c28-7-10(31)16(37)22(17(38)11(7)32)46-25(43)4-1-5(26(44)47-23-18(39)12(33)8(29)13(34)19(23)40)3-6(2-4)27(45)48-24-20(41)14(35)9(30)15(36)21(24)42/h1-3H. The largest absolute Gasteiger partial charge is 0.416 e. The van der Waals surface area contributed by atoms with Crippen LogP contribution in [0.3, 0.4) is 0 Å². The quantitative estimate of drug-likeness (QED) is 0.0682. The number of carbonyl (C=O) groups is 3. The summed E-state index contributed by atoms with van der Waals surface area (Å²) in [4.78, 5) is 37.9. The first kappa shape index (κ1) is 35.1. The molecular weight excluding hydrogens is 705 g/mol. The molecular formula is C27H3F15O6. The lowest BCUT2D eigenvalue weighted by Gasteiger charge is -2.13. The maximum absolute atomic E-state index is 14.1. The van der Waals surface area contributed by atoms with Crippen LogP contribution in [0.2, 0.25) is 0 Å². The zero-order valence-electron chi connectivity index (χ0n) is 21.9. The first-order valence-corrected chi connectivity index (χ1v) is 11.7. The molecule has 0 fully saturated rings. The van der Waals surface area contributed by atoms with Crippen LogP contribution in [0.5, 0.6) is 17.2 Å². The van der Waals surface area contributed by atoms with E-state index in [2.05, 4.69) is 14.2 Å². The summed E-state index contributed by atoms with van der Waals surface area (Å²) in [7, 11) is 0. The molecule has 252 valence electrons. The molecule has 4 rings (SSSR count). The average molecular weight is 708 g/mol. The van der Waals surface area contributed by atoms with Gasteiger partial charge < -0.3 is 14.2 Å². The Balaban J connectivity index is 1.84. The topological polar surface area (TPSA) is 78.9 Å². The van der Waals surface area contributed by atoms with Crippen molar-refractivity contribution in [3.05, 3.63) is 122 Å². The number of carbonyl (C=O) groups excluding carboxylic acids is 3. The molecule has 21 heteroatoms. The van der Waals surface area contributed by atoms with E-state index in [1.807, 2.05) is 0 Å². The first-order valence-electron chi connectivity index (χ1n) is 11.7. The van der Waals surface area contributed by atoms with Crippen molar-refractivity contribution in [2.75, 3.05) is 0 Å². The highest BCUT2D eigenvalue weighted by molar-refractivity contribution is 6.02. The number of benzene rings is 4. The Morgan fingerprint density at radius 1 is 0.292 bits per heavy atom. The molecule has 0 heterocycles. The minimum Gasteiger partial charge on any atom is -0.416 e. The van der Waals surface area contributed by atoms with Crippen molar-refractivity contribution in [3.8, 4) is 17.2 Å². The third-order valence-corrected chi connectivity index (χ3v) is 5.73. The van der Waals surface area contributed by atoms with Gasteiger partial charge in [0.15, 0.2) is 0 Å². The smallest absolute Gasteiger partial charge is 0.343 e. The molecule has 0 spiro atoms. The molecule has 0 N–H and O–H groups in total. The predicted molar refractivity (Wildman–Crippen MR) is 120 cm³/mol. The van der Waals surface area contributed by atoms with Gasteiger partial charge in [0.25, 0.3) is 0 Å². The monoisotopic (exact) mass is 708 g/mol. The molecule has 4 aromatic carbocycles. The van der Waals surface area contributed by atoms with Crippen molar-refractivity contribution in [2.24, 2.45) is 0 Å². The second kappa shape index (κ2) is 12.8. The minimum absolute atomic E-state index is 0.0813. The number of ether oxygens (including phenoxy) is 3. The summed E-state index contributed by atoms with van der Waals surface area (Å²) < 4.78 is 218. The van der Waals surface area contributed by atoms with Crippen molar-refractivity contribution >= 4 is 17.9 Å². The van der Waals surface area contributed by atoms with Gasteiger partial charge in [-0.25, -0.2) is 53.9 Å². The van der Waals surface area contributed by atoms with E-state index in [9.17, 15) is 80.2 Å². The van der Waals surface area contributed by atoms with Gasteiger partial charge in [0.1, 0.15) is 0 Å². The summed E-state index contributed by atoms with van der Waals surface area (Å²) in [6, 6.07) is 0.244. The summed E-state index contributed by atoms with van der Waals surface area (Å²) in [5.74, 6) is -54.3. The number of esters is 3. The van der Waals surface area contributed by atoms with E-state index in [4.69, 9.17) is 0 Å². The molecule has 0 amide bonds. The number of rotatable bonds is 6. The van der Waals surface area contributed by atoms with E-state index in [1.165, 1.54) is 0 Å². The van der Waals surface area contributed by atoms with Crippen molar-refractivity contribution in [1.82, 2.24) is 0 Å². The van der Waals surface area contributed by atoms with Gasteiger partial charge >= 0.3 is 17.9 Å². The zero-order valence-corrected chi connectivity index (χ0v) is 21.9. The van der Waals surface area contributed by atoms with E-state index >= 15 is 0 Å². The molecule has 6 nitrogen and oxygen atoms in total. The van der Waals surface area contributed by atoms with Crippen molar-refractivity contribution < 1.29 is 94.5 Å². The lowest BCUT2D eigenvalue weighted by Crippen LogP contribution is -2.19. The Hall–Kier alpha value is -5.76. The van der Waals surface area contributed by atoms with Crippen LogP contribution in [0, 0.1) is 87.3 Å². The molecule has 0 saturated heterocycles. The molecule has 48 heavy (non-hydrogen) atoms. The molecule has 0 aliphatic carbocycles. The fourth-order valence-electron chi connectivity index (χ4n) is 3.46. The van der Waals surface area contributed by atoms with Crippen LogP contribution in [0.15, 0.2) is 18.2 Å². The van der Waals surface area contributed by atoms with Crippen LogP contribution < -0.4 is 14.2 Å². The van der Waals surface area contributed by atoms with Gasteiger partial charge in [-0.2, -0.15) is 26.3 Å². The van der Waals surface area contributed by atoms with Crippen LogP contribution in [-0.2, 0) is 0 Å². The summed E-state index contributed by atoms with van der Waals surface area (Å²) in [6.07, 6.45) is 0. The number of halogens is 15. The van der Waals surface area contributed by atoms with Gasteiger partial charge in [0.05, 0.1) is 16.7 Å². The normalized spacial score (nSPS) is 11.1. The second-order valence-electron chi connectivity index (χ2n) is 8.66. The van der Waals surface area contributed by atoms with Gasteiger partial charge in [-0.05, 0) is 18.2 Å². The SMILES string of the molecule is O=C(Oc1c(F)c(F)c(F)c(F)c1F)c1cc(C(=O)Oc2c(F)c(F)c(F)c(F)c2F)cc(C(=O)Oc2c(F)c(F)c(F)c(F)c2F)c1. The van der Waals surface area contributed by atoms with Gasteiger partial charge in [-0.1, -0.05) is 0 Å². The summed E-state index contributed by atoms with van der Waals surface area (Å²) in [6.45, 7) is 0. The summed E-state index contributed by atoms with van der Waals surface area (Å²) in [5.41, 5.74) is -4.31. The highest BCUT2D eigenvalue weighted by Gasteiger charge is 2.33. The fourth-order valence-corrected chi connectivity index (χ4v) is 3.46. The molecule has 0 atom stereocenters. The average Bonchev–Trinajstić information content (AvgIpc) is 3.07. The van der Waals surface area contributed by atoms with Crippen molar-refractivity contribution in [1.29, 1.82) is 0 Å². The summed E-state index contributed by atoms with van der Waals surface area (Å²) >= 11 is 0. The Morgan fingerprint density at radius 2 is 0.438 bits per heavy atom. The maximum Gasteiger partial charge on any atom is 0.343 e. The van der Waals surface area contributed by atoms with Crippen molar-refractivity contribution in [2.45, 2.75) is 0 Å². The van der Waals surface area contributed by atoms with Gasteiger partial charge in [-0.3, -0.25) is 0 Å². The molecule has 0 bridgehead atoms. The predicted octanol–water partition coefficient (Wildman–Crippen LogP) is 7.43. The molecule has 0 unspecified atom stereocenters. The molecule has 4 aromatic rings. The van der Waals surface area contributed by atoms with Crippen LogP contribution in [0.4, 0.5) is 65.9 Å². The molecule has 0 saturated carbocycles. The van der Waals surface area contributed by atoms with Gasteiger partial charge in [0, 0.05) is 0 Å². The zero-order chi connectivity index (χ0) is 36.1. The van der Waals surface area contributed by atoms with E-state index in [0.29, 0.717) is 0 Å². The molecule has 0 aromatic heterocycles. The number of hydrogen-bond acceptors (Lipinski definition) is 6. The lowest BCUT2D eigenvalue weighted by molar-refractivity contribution is 0.0714. The summed E-state index contributed by atoms with van der Waals surface area (Å²) in [5, 5.41) is 0.